The normalized spacial score (nSPS) is 11.3. The molecule has 0 atom stereocenters. The van der Waals surface area contributed by atoms with Crippen molar-refractivity contribution in [2.24, 2.45) is 0 Å². The summed E-state index contributed by atoms with van der Waals surface area (Å²) in [4.78, 5) is 0. The van der Waals surface area contributed by atoms with Gasteiger partial charge >= 0.3 is 0 Å². The molecule has 1 N–H and O–H groups in total. The molecule has 1 heterocycles. The van der Waals surface area contributed by atoms with Crippen LogP contribution in [0.1, 0.15) is 30.8 Å². The Bertz CT molecular complexity index is 618. The van der Waals surface area contributed by atoms with Gasteiger partial charge in [-0.1, -0.05) is 43.1 Å². The molecule has 5 heteroatoms. The molecule has 2 rings (SSSR count). The van der Waals surface area contributed by atoms with E-state index in [1.54, 1.807) is 4.68 Å². The number of hydrogen-bond acceptors (Lipinski definition) is 2. The first-order valence-electron chi connectivity index (χ1n) is 6.64. The molecule has 0 aliphatic heterocycles. The lowest BCUT2D eigenvalue weighted by Crippen LogP contribution is -2.21. The number of rotatable bonds is 4. The minimum absolute atomic E-state index is 0.447. The lowest BCUT2D eigenvalue weighted by Gasteiger charge is -2.11. The van der Waals surface area contributed by atoms with E-state index in [1.165, 1.54) is 0 Å². The van der Waals surface area contributed by atoms with Gasteiger partial charge in [-0.15, -0.1) is 0 Å². The third-order valence-corrected chi connectivity index (χ3v) is 4.01. The predicted molar refractivity (Wildman–Crippen MR) is 85.0 cm³/mol. The van der Waals surface area contributed by atoms with Crippen LogP contribution in [0.3, 0.4) is 0 Å². The smallest absolute Gasteiger partial charge is 0.0848 e. The molecule has 0 saturated carbocycles. The molecule has 1 aromatic heterocycles. The van der Waals surface area contributed by atoms with Crippen molar-refractivity contribution in [3.8, 4) is 5.69 Å². The molecule has 108 valence electrons. The summed E-state index contributed by atoms with van der Waals surface area (Å²) < 4.78 is 1.79. The SMILES string of the molecule is Cc1nn(-c2ccc(CNC(C)C)cc2Cl)c(C)c1Cl. The van der Waals surface area contributed by atoms with E-state index >= 15 is 0 Å². The summed E-state index contributed by atoms with van der Waals surface area (Å²) in [5.41, 5.74) is 3.72. The Morgan fingerprint density at radius 1 is 1.25 bits per heavy atom. The monoisotopic (exact) mass is 311 g/mol. The van der Waals surface area contributed by atoms with Gasteiger partial charge in [0.25, 0.3) is 0 Å². The third kappa shape index (κ3) is 3.17. The number of nitrogens with one attached hydrogen (secondary N) is 1. The van der Waals surface area contributed by atoms with Crippen LogP contribution in [-0.2, 0) is 6.54 Å². The number of aryl methyl sites for hydroxylation is 1. The molecule has 0 unspecified atom stereocenters. The molecular weight excluding hydrogens is 293 g/mol. The van der Waals surface area contributed by atoms with E-state index in [4.69, 9.17) is 23.2 Å². The molecule has 0 spiro atoms. The highest BCUT2D eigenvalue weighted by molar-refractivity contribution is 6.33. The van der Waals surface area contributed by atoms with Gasteiger partial charge in [0.05, 0.1) is 27.1 Å². The molecule has 2 aromatic rings. The number of halogens is 2. The Hall–Kier alpha value is -1.03. The van der Waals surface area contributed by atoms with Gasteiger partial charge in [0.15, 0.2) is 0 Å². The van der Waals surface area contributed by atoms with Gasteiger partial charge in [-0.05, 0) is 31.5 Å². The van der Waals surface area contributed by atoms with E-state index in [0.717, 1.165) is 29.2 Å². The lowest BCUT2D eigenvalue weighted by molar-refractivity contribution is 0.589. The number of nitrogens with zero attached hydrogens (tertiary/aromatic N) is 2. The fourth-order valence-corrected chi connectivity index (χ4v) is 2.41. The molecular formula is C15H19Cl2N3. The summed E-state index contributed by atoms with van der Waals surface area (Å²) in [6.07, 6.45) is 0. The van der Waals surface area contributed by atoms with Crippen LogP contribution in [0.5, 0.6) is 0 Å². The maximum absolute atomic E-state index is 6.38. The second-order valence-corrected chi connectivity index (χ2v) is 6.00. The summed E-state index contributed by atoms with van der Waals surface area (Å²) >= 11 is 12.6. The van der Waals surface area contributed by atoms with Crippen LogP contribution in [0.4, 0.5) is 0 Å². The molecule has 0 fully saturated rings. The number of hydrogen-bond donors (Lipinski definition) is 1. The van der Waals surface area contributed by atoms with Gasteiger partial charge in [0.2, 0.25) is 0 Å². The average molecular weight is 312 g/mol. The first-order valence-corrected chi connectivity index (χ1v) is 7.39. The minimum Gasteiger partial charge on any atom is -0.310 e. The maximum Gasteiger partial charge on any atom is 0.0848 e. The van der Waals surface area contributed by atoms with Crippen molar-refractivity contribution in [1.82, 2.24) is 15.1 Å². The van der Waals surface area contributed by atoms with Gasteiger partial charge in [-0.25, -0.2) is 4.68 Å². The van der Waals surface area contributed by atoms with Crippen molar-refractivity contribution in [1.29, 1.82) is 0 Å². The van der Waals surface area contributed by atoms with Gasteiger partial charge in [-0.2, -0.15) is 5.10 Å². The summed E-state index contributed by atoms with van der Waals surface area (Å²) in [5.74, 6) is 0. The van der Waals surface area contributed by atoms with E-state index in [9.17, 15) is 0 Å². The fourth-order valence-electron chi connectivity index (χ4n) is 2.01. The van der Waals surface area contributed by atoms with E-state index < -0.39 is 0 Å². The Kier molecular flexibility index (Phi) is 4.74. The highest BCUT2D eigenvalue weighted by Gasteiger charge is 2.13. The Labute approximate surface area is 129 Å². The van der Waals surface area contributed by atoms with Crippen LogP contribution in [0.2, 0.25) is 10.0 Å². The van der Waals surface area contributed by atoms with Crippen molar-refractivity contribution in [3.63, 3.8) is 0 Å². The molecule has 3 nitrogen and oxygen atoms in total. The van der Waals surface area contributed by atoms with Crippen LogP contribution < -0.4 is 5.32 Å². The zero-order valence-electron chi connectivity index (χ0n) is 12.2. The van der Waals surface area contributed by atoms with E-state index in [2.05, 4.69) is 30.3 Å². The topological polar surface area (TPSA) is 29.9 Å². The zero-order valence-corrected chi connectivity index (χ0v) is 13.7. The summed E-state index contributed by atoms with van der Waals surface area (Å²) in [5, 5.41) is 9.16. The van der Waals surface area contributed by atoms with E-state index in [-0.39, 0.29) is 0 Å². The Morgan fingerprint density at radius 2 is 1.95 bits per heavy atom. The van der Waals surface area contributed by atoms with Gasteiger partial charge in [-0.3, -0.25) is 0 Å². The molecule has 0 amide bonds. The highest BCUT2D eigenvalue weighted by atomic mass is 35.5. The van der Waals surface area contributed by atoms with Crippen molar-refractivity contribution in [3.05, 3.63) is 45.2 Å². The van der Waals surface area contributed by atoms with Gasteiger partial charge < -0.3 is 5.32 Å². The van der Waals surface area contributed by atoms with Crippen molar-refractivity contribution >= 4 is 23.2 Å². The molecule has 0 radical (unpaired) electrons. The number of benzene rings is 1. The molecule has 20 heavy (non-hydrogen) atoms. The van der Waals surface area contributed by atoms with Crippen molar-refractivity contribution in [2.75, 3.05) is 0 Å². The third-order valence-electron chi connectivity index (χ3n) is 3.16. The second kappa shape index (κ2) is 6.17. The van der Waals surface area contributed by atoms with E-state index in [1.807, 2.05) is 26.0 Å². The quantitative estimate of drug-likeness (QED) is 0.912. The standard InChI is InChI=1S/C15H19Cl2N3/c1-9(2)18-8-12-5-6-14(13(16)7-12)20-11(4)15(17)10(3)19-20/h5-7,9,18H,8H2,1-4H3. The van der Waals surface area contributed by atoms with Crippen LogP contribution in [0.15, 0.2) is 18.2 Å². The summed E-state index contributed by atoms with van der Waals surface area (Å²) in [6, 6.07) is 6.45. The number of aromatic nitrogens is 2. The van der Waals surface area contributed by atoms with Crippen LogP contribution in [0.25, 0.3) is 5.69 Å². The molecule has 0 bridgehead atoms. The summed E-state index contributed by atoms with van der Waals surface area (Å²) in [6.45, 7) is 8.87. The first-order chi connectivity index (χ1) is 9.40. The minimum atomic E-state index is 0.447. The predicted octanol–water partition coefficient (Wildman–Crippen LogP) is 4.29. The molecule has 0 aliphatic rings. The molecule has 0 saturated heterocycles. The average Bonchev–Trinajstić information content (AvgIpc) is 2.64. The van der Waals surface area contributed by atoms with Gasteiger partial charge in [0.1, 0.15) is 0 Å². The van der Waals surface area contributed by atoms with E-state index in [0.29, 0.717) is 16.1 Å². The molecule has 0 aliphatic carbocycles. The van der Waals surface area contributed by atoms with Crippen molar-refractivity contribution < 1.29 is 0 Å². The zero-order chi connectivity index (χ0) is 14.9. The Balaban J connectivity index is 2.32. The summed E-state index contributed by atoms with van der Waals surface area (Å²) in [7, 11) is 0. The van der Waals surface area contributed by atoms with Crippen LogP contribution in [-0.4, -0.2) is 15.8 Å². The van der Waals surface area contributed by atoms with Crippen molar-refractivity contribution in [2.45, 2.75) is 40.3 Å². The maximum atomic E-state index is 6.38. The van der Waals surface area contributed by atoms with Crippen LogP contribution >= 0.6 is 23.2 Å². The Morgan fingerprint density at radius 3 is 2.45 bits per heavy atom. The second-order valence-electron chi connectivity index (χ2n) is 5.22. The fraction of sp³-hybridized carbons (Fsp3) is 0.400. The molecule has 1 aromatic carbocycles. The van der Waals surface area contributed by atoms with Crippen LogP contribution in [0, 0.1) is 13.8 Å². The highest BCUT2D eigenvalue weighted by Crippen LogP contribution is 2.27. The van der Waals surface area contributed by atoms with Gasteiger partial charge in [0, 0.05) is 12.6 Å². The first kappa shape index (κ1) is 15.4. The largest absolute Gasteiger partial charge is 0.310 e. The lowest BCUT2D eigenvalue weighted by atomic mass is 10.2.